The molecule has 134 valence electrons. The standard InChI is InChI=1S/C18H14BrNO5S/c1-2-24-16(21)10-20-17(22)15(26-18(20)23)9-13-7-8-14(25-13)11-3-5-12(19)6-4-11/h3-9H,2,10H2,1H3/b15-9-. The van der Waals surface area contributed by atoms with Crippen LogP contribution in [0.3, 0.4) is 0 Å². The molecule has 2 aromatic rings. The maximum Gasteiger partial charge on any atom is 0.326 e. The van der Waals surface area contributed by atoms with E-state index in [0.29, 0.717) is 11.5 Å². The number of ether oxygens (including phenoxy) is 1. The van der Waals surface area contributed by atoms with Crippen LogP contribution in [0.4, 0.5) is 4.79 Å². The molecule has 1 aromatic carbocycles. The van der Waals surface area contributed by atoms with E-state index in [0.717, 1.165) is 26.7 Å². The number of halogens is 1. The average Bonchev–Trinajstić information content (AvgIpc) is 3.17. The first-order chi connectivity index (χ1) is 12.5. The molecule has 1 aromatic heterocycles. The molecule has 1 fully saturated rings. The molecular formula is C18H14BrNO5S. The van der Waals surface area contributed by atoms with Crippen LogP contribution < -0.4 is 0 Å². The highest BCUT2D eigenvalue weighted by atomic mass is 79.9. The normalized spacial score (nSPS) is 15.8. The summed E-state index contributed by atoms with van der Waals surface area (Å²) in [7, 11) is 0. The van der Waals surface area contributed by atoms with Crippen LogP contribution in [0.1, 0.15) is 12.7 Å². The number of rotatable bonds is 5. The number of carbonyl (C=O) groups excluding carboxylic acids is 3. The van der Waals surface area contributed by atoms with Crippen molar-refractivity contribution in [3.8, 4) is 11.3 Å². The van der Waals surface area contributed by atoms with Gasteiger partial charge in [-0.2, -0.15) is 0 Å². The number of carbonyl (C=O) groups is 3. The van der Waals surface area contributed by atoms with Gasteiger partial charge in [-0.1, -0.05) is 28.1 Å². The first-order valence-electron chi connectivity index (χ1n) is 7.74. The zero-order valence-electron chi connectivity index (χ0n) is 13.7. The lowest BCUT2D eigenvalue weighted by molar-refractivity contribution is -0.145. The van der Waals surface area contributed by atoms with Crippen molar-refractivity contribution in [2.45, 2.75) is 6.92 Å². The number of amides is 2. The molecule has 0 N–H and O–H groups in total. The molecule has 1 saturated heterocycles. The van der Waals surface area contributed by atoms with Crippen molar-refractivity contribution >= 4 is 50.9 Å². The van der Waals surface area contributed by atoms with E-state index in [9.17, 15) is 14.4 Å². The summed E-state index contributed by atoms with van der Waals surface area (Å²) in [6, 6.07) is 11.1. The van der Waals surface area contributed by atoms with Gasteiger partial charge in [0, 0.05) is 16.1 Å². The van der Waals surface area contributed by atoms with Crippen LogP contribution in [0.25, 0.3) is 17.4 Å². The zero-order chi connectivity index (χ0) is 18.7. The van der Waals surface area contributed by atoms with Crippen LogP contribution in [0, 0.1) is 0 Å². The van der Waals surface area contributed by atoms with Crippen molar-refractivity contribution in [2.24, 2.45) is 0 Å². The third kappa shape index (κ3) is 4.08. The molecule has 2 amide bonds. The summed E-state index contributed by atoms with van der Waals surface area (Å²) in [5.74, 6) is -0.0553. The molecule has 0 atom stereocenters. The molecular weight excluding hydrogens is 422 g/mol. The van der Waals surface area contributed by atoms with Gasteiger partial charge >= 0.3 is 5.97 Å². The Labute approximate surface area is 162 Å². The monoisotopic (exact) mass is 435 g/mol. The van der Waals surface area contributed by atoms with Crippen LogP contribution in [-0.4, -0.2) is 35.2 Å². The van der Waals surface area contributed by atoms with Crippen molar-refractivity contribution < 1.29 is 23.5 Å². The minimum absolute atomic E-state index is 0.191. The average molecular weight is 436 g/mol. The topological polar surface area (TPSA) is 76.8 Å². The fraction of sp³-hybridized carbons (Fsp3) is 0.167. The van der Waals surface area contributed by atoms with Crippen LogP contribution >= 0.6 is 27.7 Å². The Bertz CT molecular complexity index is 887. The van der Waals surface area contributed by atoms with Gasteiger partial charge < -0.3 is 9.15 Å². The van der Waals surface area contributed by atoms with Crippen molar-refractivity contribution in [1.29, 1.82) is 0 Å². The second kappa shape index (κ2) is 7.92. The van der Waals surface area contributed by atoms with Gasteiger partial charge in [0.1, 0.15) is 18.1 Å². The lowest BCUT2D eigenvalue weighted by Gasteiger charge is -2.10. The van der Waals surface area contributed by atoms with Gasteiger partial charge in [-0.05, 0) is 43.0 Å². The minimum Gasteiger partial charge on any atom is -0.465 e. The summed E-state index contributed by atoms with van der Waals surface area (Å²) in [5.41, 5.74) is 0.892. The van der Waals surface area contributed by atoms with Crippen LogP contribution in [0.2, 0.25) is 0 Å². The second-order valence-corrected chi connectivity index (χ2v) is 7.19. The molecule has 3 rings (SSSR count). The molecule has 0 saturated carbocycles. The van der Waals surface area contributed by atoms with Gasteiger partial charge in [-0.3, -0.25) is 19.3 Å². The number of imide groups is 1. The van der Waals surface area contributed by atoms with Gasteiger partial charge in [-0.15, -0.1) is 0 Å². The second-order valence-electron chi connectivity index (χ2n) is 5.28. The first kappa shape index (κ1) is 18.5. The summed E-state index contributed by atoms with van der Waals surface area (Å²) in [5, 5.41) is -0.506. The van der Waals surface area contributed by atoms with Crippen molar-refractivity contribution in [1.82, 2.24) is 4.90 Å². The number of hydrogen-bond acceptors (Lipinski definition) is 6. The van der Waals surface area contributed by atoms with Crippen molar-refractivity contribution in [2.75, 3.05) is 13.2 Å². The summed E-state index contributed by atoms with van der Waals surface area (Å²) in [6.07, 6.45) is 1.50. The smallest absolute Gasteiger partial charge is 0.326 e. The lowest BCUT2D eigenvalue weighted by atomic mass is 10.2. The van der Waals surface area contributed by atoms with Gasteiger partial charge in [-0.25, -0.2) is 0 Å². The fourth-order valence-corrected chi connectivity index (χ4v) is 3.38. The van der Waals surface area contributed by atoms with E-state index < -0.39 is 23.7 Å². The van der Waals surface area contributed by atoms with Crippen molar-refractivity contribution in [3.05, 3.63) is 51.5 Å². The molecule has 8 heteroatoms. The molecule has 1 aliphatic rings. The predicted octanol–water partition coefficient (Wildman–Crippen LogP) is 4.31. The van der Waals surface area contributed by atoms with E-state index in [1.54, 1.807) is 19.1 Å². The fourth-order valence-electron chi connectivity index (χ4n) is 2.30. The summed E-state index contributed by atoms with van der Waals surface area (Å²) in [6.45, 7) is 1.46. The van der Waals surface area contributed by atoms with E-state index in [2.05, 4.69) is 15.9 Å². The Morgan fingerprint density at radius 1 is 1.23 bits per heavy atom. The number of nitrogens with zero attached hydrogens (tertiary/aromatic N) is 1. The van der Waals surface area contributed by atoms with Gasteiger partial charge in [0.05, 0.1) is 11.5 Å². The molecule has 0 radical (unpaired) electrons. The number of thioether (sulfide) groups is 1. The highest BCUT2D eigenvalue weighted by molar-refractivity contribution is 9.10. The third-order valence-electron chi connectivity index (χ3n) is 3.50. The zero-order valence-corrected chi connectivity index (χ0v) is 16.1. The van der Waals surface area contributed by atoms with E-state index in [4.69, 9.17) is 9.15 Å². The lowest BCUT2D eigenvalue weighted by Crippen LogP contribution is -2.34. The number of esters is 1. The summed E-state index contributed by atoms with van der Waals surface area (Å²) < 4.78 is 11.5. The van der Waals surface area contributed by atoms with Gasteiger partial charge in [0.25, 0.3) is 11.1 Å². The molecule has 26 heavy (non-hydrogen) atoms. The van der Waals surface area contributed by atoms with E-state index >= 15 is 0 Å². The minimum atomic E-state index is -0.619. The maximum absolute atomic E-state index is 12.3. The van der Waals surface area contributed by atoms with E-state index in [-0.39, 0.29) is 11.5 Å². The third-order valence-corrected chi connectivity index (χ3v) is 4.93. The first-order valence-corrected chi connectivity index (χ1v) is 9.35. The Morgan fingerprint density at radius 2 is 1.96 bits per heavy atom. The Morgan fingerprint density at radius 3 is 2.65 bits per heavy atom. The molecule has 1 aliphatic heterocycles. The van der Waals surface area contributed by atoms with Gasteiger partial charge in [0.2, 0.25) is 0 Å². The van der Waals surface area contributed by atoms with Crippen LogP contribution in [-0.2, 0) is 14.3 Å². The van der Waals surface area contributed by atoms with E-state index in [1.807, 2.05) is 24.3 Å². The molecule has 0 spiro atoms. The predicted molar refractivity (Wildman–Crippen MR) is 101 cm³/mol. The van der Waals surface area contributed by atoms with Crippen molar-refractivity contribution in [3.63, 3.8) is 0 Å². The number of furan rings is 1. The Hall–Kier alpha value is -2.32. The number of hydrogen-bond donors (Lipinski definition) is 0. The summed E-state index contributed by atoms with van der Waals surface area (Å²) in [4.78, 5) is 36.9. The molecule has 0 unspecified atom stereocenters. The molecule has 0 aliphatic carbocycles. The highest BCUT2D eigenvalue weighted by Gasteiger charge is 2.36. The van der Waals surface area contributed by atoms with E-state index in [1.165, 1.54) is 6.08 Å². The Balaban J connectivity index is 1.76. The quantitative estimate of drug-likeness (QED) is 0.514. The SMILES string of the molecule is CCOC(=O)CN1C(=O)S/C(=C\c2ccc(-c3ccc(Br)cc3)o2)C1=O. The molecule has 2 heterocycles. The maximum atomic E-state index is 12.3. The number of benzene rings is 1. The molecule has 6 nitrogen and oxygen atoms in total. The Kier molecular flexibility index (Phi) is 5.63. The van der Waals surface area contributed by atoms with Gasteiger partial charge in [0.15, 0.2) is 0 Å². The highest BCUT2D eigenvalue weighted by Crippen LogP contribution is 2.33. The summed E-state index contributed by atoms with van der Waals surface area (Å²) >= 11 is 4.14. The largest absolute Gasteiger partial charge is 0.465 e. The van der Waals surface area contributed by atoms with Crippen LogP contribution in [0.5, 0.6) is 0 Å². The molecule has 0 bridgehead atoms. The van der Waals surface area contributed by atoms with Crippen LogP contribution in [0.15, 0.2) is 50.2 Å².